The van der Waals surface area contributed by atoms with Gasteiger partial charge in [0.05, 0.1) is 11.6 Å². The maximum atomic E-state index is 8.81. The van der Waals surface area contributed by atoms with E-state index in [9.17, 15) is 0 Å². The fourth-order valence-corrected chi connectivity index (χ4v) is 2.21. The van der Waals surface area contributed by atoms with Crippen LogP contribution in [-0.2, 0) is 0 Å². The summed E-state index contributed by atoms with van der Waals surface area (Å²) in [4.78, 5) is 4.25. The number of nitriles is 1. The van der Waals surface area contributed by atoms with E-state index in [1.807, 2.05) is 6.07 Å². The smallest absolute Gasteiger partial charge is 0.127 e. The molecule has 0 atom stereocenters. The van der Waals surface area contributed by atoms with Gasteiger partial charge in [-0.15, -0.1) is 0 Å². The van der Waals surface area contributed by atoms with Gasteiger partial charge in [-0.3, -0.25) is 0 Å². The molecule has 1 saturated carbocycles. The summed E-state index contributed by atoms with van der Waals surface area (Å²) in [5.74, 6) is 0.839. The summed E-state index contributed by atoms with van der Waals surface area (Å²) in [6, 6.07) is 6.23. The zero-order valence-corrected chi connectivity index (χ0v) is 9.45. The number of nitrogens with one attached hydrogen (secondary N) is 1. The maximum Gasteiger partial charge on any atom is 0.127 e. The van der Waals surface area contributed by atoms with Crippen LogP contribution in [0.3, 0.4) is 0 Å². The van der Waals surface area contributed by atoms with Crippen LogP contribution in [0.1, 0.15) is 44.1 Å². The molecule has 2 rings (SSSR count). The molecule has 1 aliphatic carbocycles. The minimum absolute atomic E-state index is 0.531. The van der Waals surface area contributed by atoms with Crippen LogP contribution in [0.2, 0.25) is 0 Å². The van der Waals surface area contributed by atoms with Crippen molar-refractivity contribution in [1.29, 1.82) is 5.26 Å². The molecule has 0 bridgehead atoms. The topological polar surface area (TPSA) is 48.7 Å². The van der Waals surface area contributed by atoms with Crippen molar-refractivity contribution in [3.05, 3.63) is 23.9 Å². The van der Waals surface area contributed by atoms with Crippen molar-refractivity contribution in [3.8, 4) is 6.07 Å². The van der Waals surface area contributed by atoms with Crippen molar-refractivity contribution in [1.82, 2.24) is 4.98 Å². The second-order valence-electron chi connectivity index (χ2n) is 4.37. The Bertz CT molecular complexity index is 373. The highest BCUT2D eigenvalue weighted by atomic mass is 15.0. The molecule has 3 nitrogen and oxygen atoms in total. The average molecular weight is 215 g/mol. The third-order valence-corrected chi connectivity index (χ3v) is 3.10. The fraction of sp³-hybridized carbons (Fsp3) is 0.538. The molecular weight excluding hydrogens is 198 g/mol. The summed E-state index contributed by atoms with van der Waals surface area (Å²) in [6.45, 7) is 0. The molecule has 1 aromatic rings. The van der Waals surface area contributed by atoms with E-state index in [2.05, 4.69) is 16.4 Å². The average Bonchev–Trinajstić information content (AvgIpc) is 2.58. The van der Waals surface area contributed by atoms with Gasteiger partial charge in [0, 0.05) is 12.2 Å². The van der Waals surface area contributed by atoms with E-state index < -0.39 is 0 Å². The summed E-state index contributed by atoms with van der Waals surface area (Å²) in [7, 11) is 0. The quantitative estimate of drug-likeness (QED) is 0.771. The van der Waals surface area contributed by atoms with Crippen LogP contribution in [0.15, 0.2) is 18.3 Å². The first kappa shape index (κ1) is 10.9. The summed E-state index contributed by atoms with van der Waals surface area (Å²) in [5.41, 5.74) is 0.672. The molecule has 1 fully saturated rings. The van der Waals surface area contributed by atoms with Gasteiger partial charge in [0.25, 0.3) is 0 Å². The van der Waals surface area contributed by atoms with Crippen molar-refractivity contribution >= 4 is 5.82 Å². The normalized spacial score (nSPS) is 17.4. The van der Waals surface area contributed by atoms with E-state index >= 15 is 0 Å². The van der Waals surface area contributed by atoms with Gasteiger partial charge in [-0.05, 0) is 25.0 Å². The molecule has 0 radical (unpaired) electrons. The Kier molecular flexibility index (Phi) is 3.76. The second-order valence-corrected chi connectivity index (χ2v) is 4.37. The van der Waals surface area contributed by atoms with Gasteiger partial charge in [0.1, 0.15) is 5.82 Å². The molecular formula is C13H17N3. The zero-order valence-electron chi connectivity index (χ0n) is 9.45. The first-order valence-electron chi connectivity index (χ1n) is 6.01. The predicted octanol–water partition coefficient (Wildman–Crippen LogP) is 3.09. The van der Waals surface area contributed by atoms with Crippen LogP contribution in [0, 0.1) is 11.3 Å². The van der Waals surface area contributed by atoms with E-state index in [-0.39, 0.29) is 0 Å². The molecule has 1 heterocycles. The van der Waals surface area contributed by atoms with E-state index in [0.717, 1.165) is 5.82 Å². The van der Waals surface area contributed by atoms with Gasteiger partial charge in [0.15, 0.2) is 0 Å². The summed E-state index contributed by atoms with van der Waals surface area (Å²) >= 11 is 0. The summed E-state index contributed by atoms with van der Waals surface area (Å²) in [5, 5.41) is 12.2. The third-order valence-electron chi connectivity index (χ3n) is 3.10. The molecule has 0 unspecified atom stereocenters. The number of aromatic nitrogens is 1. The van der Waals surface area contributed by atoms with Crippen molar-refractivity contribution in [3.63, 3.8) is 0 Å². The van der Waals surface area contributed by atoms with E-state index in [0.29, 0.717) is 11.6 Å². The number of nitrogens with zero attached hydrogens (tertiary/aromatic N) is 2. The molecule has 0 amide bonds. The van der Waals surface area contributed by atoms with Gasteiger partial charge in [0.2, 0.25) is 0 Å². The number of rotatable bonds is 2. The van der Waals surface area contributed by atoms with Gasteiger partial charge in [-0.2, -0.15) is 5.26 Å². The Morgan fingerprint density at radius 1 is 1.25 bits per heavy atom. The van der Waals surface area contributed by atoms with Crippen LogP contribution >= 0.6 is 0 Å². The van der Waals surface area contributed by atoms with Crippen molar-refractivity contribution in [2.24, 2.45) is 0 Å². The van der Waals surface area contributed by atoms with Gasteiger partial charge >= 0.3 is 0 Å². The molecule has 3 heteroatoms. The highest BCUT2D eigenvalue weighted by molar-refractivity contribution is 5.42. The molecule has 0 aliphatic heterocycles. The third kappa shape index (κ3) is 2.96. The second kappa shape index (κ2) is 5.50. The van der Waals surface area contributed by atoms with Crippen molar-refractivity contribution in [2.75, 3.05) is 5.32 Å². The van der Waals surface area contributed by atoms with E-state index in [4.69, 9.17) is 5.26 Å². The minimum atomic E-state index is 0.531. The number of hydrogen-bond donors (Lipinski definition) is 1. The monoisotopic (exact) mass is 215 g/mol. The summed E-state index contributed by atoms with van der Waals surface area (Å²) < 4.78 is 0. The molecule has 1 aliphatic rings. The fourth-order valence-electron chi connectivity index (χ4n) is 2.21. The molecule has 1 aromatic heterocycles. The van der Waals surface area contributed by atoms with E-state index in [1.54, 1.807) is 12.3 Å². The Morgan fingerprint density at radius 2 is 2.00 bits per heavy atom. The lowest BCUT2D eigenvalue weighted by Gasteiger charge is -2.16. The predicted molar refractivity (Wildman–Crippen MR) is 64.1 cm³/mol. The van der Waals surface area contributed by atoms with Gasteiger partial charge in [-0.25, -0.2) is 4.98 Å². The Morgan fingerprint density at radius 3 is 2.69 bits per heavy atom. The largest absolute Gasteiger partial charge is 0.367 e. The van der Waals surface area contributed by atoms with E-state index in [1.165, 1.54) is 38.5 Å². The van der Waals surface area contributed by atoms with Gasteiger partial charge in [-0.1, -0.05) is 25.7 Å². The van der Waals surface area contributed by atoms with Gasteiger partial charge < -0.3 is 5.32 Å². The molecule has 16 heavy (non-hydrogen) atoms. The molecule has 0 spiro atoms. The van der Waals surface area contributed by atoms with Crippen LogP contribution in [0.4, 0.5) is 5.82 Å². The SMILES string of the molecule is N#Cc1ccnc(NC2CCCCCC2)c1. The molecule has 1 N–H and O–H groups in total. The van der Waals surface area contributed by atoms with Crippen LogP contribution in [-0.4, -0.2) is 11.0 Å². The van der Waals surface area contributed by atoms with Crippen molar-refractivity contribution < 1.29 is 0 Å². The minimum Gasteiger partial charge on any atom is -0.367 e. The molecule has 0 aromatic carbocycles. The zero-order chi connectivity index (χ0) is 11.2. The number of hydrogen-bond acceptors (Lipinski definition) is 3. The Balaban J connectivity index is 1.99. The van der Waals surface area contributed by atoms with Crippen LogP contribution in [0.25, 0.3) is 0 Å². The first-order chi connectivity index (χ1) is 7.88. The lowest BCUT2D eigenvalue weighted by atomic mass is 10.1. The highest BCUT2D eigenvalue weighted by Crippen LogP contribution is 2.20. The van der Waals surface area contributed by atoms with Crippen LogP contribution < -0.4 is 5.32 Å². The maximum absolute atomic E-state index is 8.81. The highest BCUT2D eigenvalue weighted by Gasteiger charge is 2.12. The molecule has 84 valence electrons. The Labute approximate surface area is 96.5 Å². The lowest BCUT2D eigenvalue weighted by molar-refractivity contribution is 0.617. The number of anilines is 1. The summed E-state index contributed by atoms with van der Waals surface area (Å²) in [6.07, 6.45) is 9.44. The van der Waals surface area contributed by atoms with Crippen molar-refractivity contribution in [2.45, 2.75) is 44.6 Å². The number of pyridine rings is 1. The Hall–Kier alpha value is -1.56. The molecule has 0 saturated heterocycles. The standard InChI is InChI=1S/C13H17N3/c14-10-11-7-8-15-13(9-11)16-12-5-3-1-2-4-6-12/h7-9,12H,1-6H2,(H,15,16). The first-order valence-corrected chi connectivity index (χ1v) is 6.01. The van der Waals surface area contributed by atoms with Crippen LogP contribution in [0.5, 0.6) is 0 Å². The lowest BCUT2D eigenvalue weighted by Crippen LogP contribution is -2.18.